The molecular weight excluding hydrogens is 557 g/mol. The number of para-hydroxylation sites is 1. The van der Waals surface area contributed by atoms with E-state index in [1.165, 1.54) is 42.3 Å². The molecule has 0 spiro atoms. The number of carbonyl (C=O) groups excluding carboxylic acids is 2. The van der Waals surface area contributed by atoms with Gasteiger partial charge < -0.3 is 29.5 Å². The fraction of sp³-hybridized carbons (Fsp3) is 0.448. The Labute approximate surface area is 249 Å². The van der Waals surface area contributed by atoms with Gasteiger partial charge in [-0.25, -0.2) is 28.9 Å². The van der Waals surface area contributed by atoms with Crippen molar-refractivity contribution >= 4 is 29.6 Å². The molecule has 4 heterocycles. The molecule has 14 heteroatoms. The summed E-state index contributed by atoms with van der Waals surface area (Å²) in [6, 6.07) is 10.4. The second kappa shape index (κ2) is 13.9. The largest absolute Gasteiger partial charge is 0.477 e. The molecular formula is C29H36FN9O4. The summed E-state index contributed by atoms with van der Waals surface area (Å²) >= 11 is 0. The fourth-order valence-corrected chi connectivity index (χ4v) is 5.15. The fourth-order valence-electron chi connectivity index (χ4n) is 5.15. The highest BCUT2D eigenvalue weighted by Crippen LogP contribution is 2.24. The Morgan fingerprint density at radius 3 is 2.49 bits per heavy atom. The predicted molar refractivity (Wildman–Crippen MR) is 158 cm³/mol. The highest BCUT2D eigenvalue weighted by atomic mass is 19.1. The number of ether oxygens (including phenoxy) is 2. The highest BCUT2D eigenvalue weighted by molar-refractivity contribution is 5.88. The third-order valence-electron chi connectivity index (χ3n) is 7.51. The predicted octanol–water partition coefficient (Wildman–Crippen LogP) is 3.50. The first-order chi connectivity index (χ1) is 20.9. The lowest BCUT2D eigenvalue weighted by Gasteiger charge is -2.39. The van der Waals surface area contributed by atoms with Crippen LogP contribution in [0.3, 0.4) is 0 Å². The topological polar surface area (TPSA) is 138 Å². The van der Waals surface area contributed by atoms with Gasteiger partial charge in [-0.05, 0) is 38.3 Å². The van der Waals surface area contributed by atoms with Gasteiger partial charge in [-0.2, -0.15) is 4.98 Å². The van der Waals surface area contributed by atoms with Gasteiger partial charge in [0.05, 0.1) is 25.0 Å². The lowest BCUT2D eigenvalue weighted by molar-refractivity contribution is 0.133. The van der Waals surface area contributed by atoms with Gasteiger partial charge in [0, 0.05) is 57.2 Å². The van der Waals surface area contributed by atoms with Gasteiger partial charge in [-0.3, -0.25) is 5.32 Å². The maximum Gasteiger partial charge on any atom is 0.414 e. The van der Waals surface area contributed by atoms with E-state index in [9.17, 15) is 9.59 Å². The molecule has 0 unspecified atom stereocenters. The summed E-state index contributed by atoms with van der Waals surface area (Å²) in [6.07, 6.45) is 4.19. The molecule has 0 radical (unpaired) electrons. The molecule has 0 bridgehead atoms. The zero-order chi connectivity index (χ0) is 30.2. The van der Waals surface area contributed by atoms with Crippen molar-refractivity contribution in [2.45, 2.75) is 44.4 Å². The van der Waals surface area contributed by atoms with Gasteiger partial charge in [0.15, 0.2) is 5.82 Å². The normalized spacial score (nSPS) is 19.0. The molecule has 2 saturated heterocycles. The van der Waals surface area contributed by atoms with Crippen molar-refractivity contribution in [2.75, 3.05) is 55.0 Å². The van der Waals surface area contributed by atoms with E-state index in [-0.39, 0.29) is 36.7 Å². The first-order valence-corrected chi connectivity index (χ1v) is 14.4. The Balaban J connectivity index is 1.13. The number of alkyl halides is 1. The number of aromatic nitrogens is 4. The molecule has 2 aliphatic rings. The number of benzene rings is 1. The van der Waals surface area contributed by atoms with Crippen LogP contribution in [0.15, 0.2) is 55.0 Å². The number of likely N-dealkylation sites (N-methyl/N-ethyl adjacent to an activating group) is 1. The van der Waals surface area contributed by atoms with Crippen LogP contribution in [0.4, 0.5) is 31.4 Å². The number of rotatable bonds is 8. The number of urea groups is 1. The van der Waals surface area contributed by atoms with E-state index in [1.54, 1.807) is 4.90 Å². The van der Waals surface area contributed by atoms with Crippen LogP contribution in [-0.2, 0) is 0 Å². The summed E-state index contributed by atoms with van der Waals surface area (Å²) in [4.78, 5) is 47.8. The van der Waals surface area contributed by atoms with Crippen molar-refractivity contribution in [3.05, 3.63) is 55.0 Å². The number of anilines is 3. The second-order valence-corrected chi connectivity index (χ2v) is 10.4. The quantitative estimate of drug-likeness (QED) is 0.399. The minimum atomic E-state index is -1.25. The van der Waals surface area contributed by atoms with E-state index in [1.807, 2.05) is 25.1 Å². The molecule has 2 aromatic heterocycles. The zero-order valence-electron chi connectivity index (χ0n) is 24.2. The maximum atomic E-state index is 15.0. The smallest absolute Gasteiger partial charge is 0.414 e. The number of amides is 3. The molecule has 228 valence electrons. The monoisotopic (exact) mass is 593 g/mol. The van der Waals surface area contributed by atoms with E-state index < -0.39 is 24.3 Å². The van der Waals surface area contributed by atoms with Crippen LogP contribution in [-0.4, -0.2) is 95.0 Å². The van der Waals surface area contributed by atoms with E-state index in [2.05, 4.69) is 47.6 Å². The average Bonchev–Trinajstić information content (AvgIpc) is 3.03. The number of nitrogens with zero attached hydrogens (tertiary/aromatic N) is 7. The van der Waals surface area contributed by atoms with Gasteiger partial charge >= 0.3 is 12.1 Å². The Kier molecular flexibility index (Phi) is 9.64. The molecule has 2 N–H and O–H groups in total. The number of hydrogen-bond acceptors (Lipinski definition) is 10. The lowest BCUT2D eigenvalue weighted by atomic mass is 10.0. The van der Waals surface area contributed by atoms with Gasteiger partial charge in [0.2, 0.25) is 17.7 Å². The van der Waals surface area contributed by atoms with Crippen LogP contribution in [0, 0.1) is 0 Å². The summed E-state index contributed by atoms with van der Waals surface area (Å²) in [5.41, 5.74) is 1.17. The number of piperidine rings is 2. The molecule has 0 saturated carbocycles. The minimum absolute atomic E-state index is 0.00612. The molecule has 2 aliphatic heterocycles. The van der Waals surface area contributed by atoms with Crippen molar-refractivity contribution in [1.82, 2.24) is 30.2 Å². The second-order valence-electron chi connectivity index (χ2n) is 10.4. The molecule has 3 aromatic rings. The third kappa shape index (κ3) is 7.76. The SMILES string of the molecule is CCOc1cnc(NC(=O)N(C)[C@H]2CN(c3nccc(OC(=O)NC4CCN(c5ccccc5)CC4)n3)CC[C@H]2F)cn1. The maximum absolute atomic E-state index is 15.0. The van der Waals surface area contributed by atoms with Crippen molar-refractivity contribution in [3.63, 3.8) is 0 Å². The van der Waals surface area contributed by atoms with Crippen molar-refractivity contribution < 1.29 is 23.5 Å². The van der Waals surface area contributed by atoms with Crippen molar-refractivity contribution in [2.24, 2.45) is 0 Å². The molecule has 1 aromatic carbocycles. The zero-order valence-corrected chi connectivity index (χ0v) is 24.2. The lowest BCUT2D eigenvalue weighted by Crippen LogP contribution is -2.55. The average molecular weight is 594 g/mol. The highest BCUT2D eigenvalue weighted by Gasteiger charge is 2.35. The summed E-state index contributed by atoms with van der Waals surface area (Å²) in [5.74, 6) is 0.929. The Bertz CT molecular complexity index is 1360. The third-order valence-corrected chi connectivity index (χ3v) is 7.51. The van der Waals surface area contributed by atoms with Crippen LogP contribution in [0.2, 0.25) is 0 Å². The van der Waals surface area contributed by atoms with E-state index >= 15 is 4.39 Å². The van der Waals surface area contributed by atoms with Gasteiger partial charge in [-0.15, -0.1) is 0 Å². The minimum Gasteiger partial charge on any atom is -0.477 e. The number of carbonyl (C=O) groups is 2. The summed E-state index contributed by atoms with van der Waals surface area (Å²) in [5, 5.41) is 5.56. The Morgan fingerprint density at radius 2 is 1.77 bits per heavy atom. The van der Waals surface area contributed by atoms with Crippen LogP contribution in [0.25, 0.3) is 0 Å². The molecule has 2 atom stereocenters. The Morgan fingerprint density at radius 1 is 1.00 bits per heavy atom. The molecule has 13 nitrogen and oxygen atoms in total. The van der Waals surface area contributed by atoms with Gasteiger partial charge in [-0.1, -0.05) is 18.2 Å². The first-order valence-electron chi connectivity index (χ1n) is 14.4. The van der Waals surface area contributed by atoms with E-state index in [4.69, 9.17) is 9.47 Å². The number of nitrogens with one attached hydrogen (secondary N) is 2. The van der Waals surface area contributed by atoms with E-state index in [0.717, 1.165) is 25.9 Å². The summed E-state index contributed by atoms with van der Waals surface area (Å²) in [6.45, 7) is 4.43. The summed E-state index contributed by atoms with van der Waals surface area (Å²) < 4.78 is 25.7. The molecule has 5 rings (SSSR count). The number of hydrogen-bond donors (Lipinski definition) is 2. The molecule has 0 aliphatic carbocycles. The molecule has 43 heavy (non-hydrogen) atoms. The summed E-state index contributed by atoms with van der Waals surface area (Å²) in [7, 11) is 1.52. The van der Waals surface area contributed by atoms with Crippen LogP contribution < -0.4 is 29.9 Å². The number of halogens is 1. The van der Waals surface area contributed by atoms with Crippen LogP contribution in [0.5, 0.6) is 11.8 Å². The van der Waals surface area contributed by atoms with Crippen LogP contribution in [0.1, 0.15) is 26.2 Å². The van der Waals surface area contributed by atoms with Crippen LogP contribution >= 0.6 is 0 Å². The van der Waals surface area contributed by atoms with Gasteiger partial charge in [0.25, 0.3) is 0 Å². The standard InChI is InChI=1S/C29H36FN9O4/c1-3-42-26-18-32-24(17-33-26)35-28(40)37(2)23-19-39(16-12-22(23)30)27-31-13-9-25(36-27)43-29(41)34-20-10-14-38(15-11-20)21-7-5-4-6-8-21/h4-9,13,17-18,20,22-23H,3,10-12,14-16,19H2,1-2H3,(H,34,41)(H,32,35,40)/t22-,23+/m1/s1. The Hall–Kier alpha value is -4.75. The van der Waals surface area contributed by atoms with Crippen molar-refractivity contribution in [3.8, 4) is 11.8 Å². The molecule has 2 fully saturated rings. The van der Waals surface area contributed by atoms with Gasteiger partial charge in [0.1, 0.15) is 6.17 Å². The first kappa shape index (κ1) is 29.7. The molecule has 3 amide bonds. The van der Waals surface area contributed by atoms with Crippen molar-refractivity contribution in [1.29, 1.82) is 0 Å². The van der Waals surface area contributed by atoms with E-state index in [0.29, 0.717) is 19.0 Å².